The molecule has 0 aliphatic heterocycles. The number of rotatable bonds is 31. The Morgan fingerprint density at radius 2 is 0.583 bits per heavy atom. The first-order valence-corrected chi connectivity index (χ1v) is 16.9. The molecule has 0 amide bonds. The van der Waals surface area contributed by atoms with E-state index in [1.54, 1.807) is 0 Å². The van der Waals surface area contributed by atoms with Crippen LogP contribution >= 0.6 is 0 Å². The van der Waals surface area contributed by atoms with Crippen molar-refractivity contribution in [2.24, 2.45) is 5.92 Å². The van der Waals surface area contributed by atoms with Crippen LogP contribution in [0, 0.1) is 5.92 Å². The Kier molecular flexibility index (Phi) is 30.2. The first kappa shape index (κ1) is 35.5. The number of hydrogen-bond donors (Lipinski definition) is 1. The van der Waals surface area contributed by atoms with Gasteiger partial charge in [0, 0.05) is 0 Å². The average molecular weight is 509 g/mol. The lowest BCUT2D eigenvalue weighted by atomic mass is 9.94. The van der Waals surface area contributed by atoms with Gasteiger partial charge in [0.1, 0.15) is 0 Å². The molecule has 1 atom stereocenters. The van der Waals surface area contributed by atoms with Crippen LogP contribution < -0.4 is 0 Å². The first-order valence-electron chi connectivity index (χ1n) is 16.9. The van der Waals surface area contributed by atoms with Crippen LogP contribution in [0.2, 0.25) is 0 Å². The van der Waals surface area contributed by atoms with Gasteiger partial charge < -0.3 is 5.11 Å². The van der Waals surface area contributed by atoms with E-state index in [4.69, 9.17) is 0 Å². The maximum Gasteiger partial charge on any atom is 0.306 e. The third-order valence-corrected chi connectivity index (χ3v) is 8.16. The zero-order valence-corrected chi connectivity index (χ0v) is 25.1. The number of carboxylic acids is 1. The molecule has 0 rings (SSSR count). The predicted molar refractivity (Wildman–Crippen MR) is 161 cm³/mol. The molecule has 1 unspecified atom stereocenters. The lowest BCUT2D eigenvalue weighted by Gasteiger charge is -2.12. The van der Waals surface area contributed by atoms with E-state index in [9.17, 15) is 9.90 Å². The molecular weight excluding hydrogens is 440 g/mol. The van der Waals surface area contributed by atoms with Gasteiger partial charge in [-0.25, -0.2) is 0 Å². The summed E-state index contributed by atoms with van der Waals surface area (Å²) in [5.74, 6) is -0.656. The molecule has 2 heteroatoms. The monoisotopic (exact) mass is 509 g/mol. The third-order valence-electron chi connectivity index (χ3n) is 8.16. The minimum absolute atomic E-state index is 0.0966. The van der Waals surface area contributed by atoms with Gasteiger partial charge in [0.2, 0.25) is 0 Å². The summed E-state index contributed by atoms with van der Waals surface area (Å²) in [6.07, 6.45) is 40.0. The molecular formula is C34H68O2. The van der Waals surface area contributed by atoms with Gasteiger partial charge >= 0.3 is 5.97 Å². The smallest absolute Gasteiger partial charge is 0.306 e. The largest absolute Gasteiger partial charge is 0.481 e. The number of hydrogen-bond acceptors (Lipinski definition) is 1. The minimum Gasteiger partial charge on any atom is -0.481 e. The van der Waals surface area contributed by atoms with Crippen molar-refractivity contribution in [2.45, 2.75) is 206 Å². The molecule has 0 aromatic heterocycles. The first-order chi connectivity index (χ1) is 17.7. The van der Waals surface area contributed by atoms with Crippen molar-refractivity contribution >= 4 is 5.97 Å². The van der Waals surface area contributed by atoms with Crippen LogP contribution in [0.1, 0.15) is 206 Å². The molecule has 0 fully saturated rings. The molecule has 0 aliphatic carbocycles. The van der Waals surface area contributed by atoms with E-state index in [-0.39, 0.29) is 5.92 Å². The van der Waals surface area contributed by atoms with Gasteiger partial charge in [-0.05, 0) is 12.8 Å². The standard InChI is InChI=1S/C34H68O2/c1-3-5-7-9-11-13-14-15-16-17-18-19-20-21-22-23-24-26-28-30-32-33(34(35)36)31-29-27-25-12-10-8-6-4-2/h33H,3-32H2,1-2H3,(H,35,36). The fourth-order valence-corrected chi connectivity index (χ4v) is 5.56. The van der Waals surface area contributed by atoms with E-state index in [0.29, 0.717) is 0 Å². The van der Waals surface area contributed by atoms with Gasteiger partial charge in [0.25, 0.3) is 0 Å². The quantitative estimate of drug-likeness (QED) is 0.0945. The summed E-state index contributed by atoms with van der Waals surface area (Å²) in [5.41, 5.74) is 0. The normalized spacial score (nSPS) is 12.3. The fraction of sp³-hybridized carbons (Fsp3) is 0.971. The number of carbonyl (C=O) groups is 1. The Bertz CT molecular complexity index is 419. The van der Waals surface area contributed by atoms with Gasteiger partial charge in [0.15, 0.2) is 0 Å². The van der Waals surface area contributed by atoms with Crippen molar-refractivity contribution in [3.05, 3.63) is 0 Å². The number of aliphatic carboxylic acids is 1. The molecule has 1 N–H and O–H groups in total. The van der Waals surface area contributed by atoms with Gasteiger partial charge in [-0.3, -0.25) is 4.79 Å². The van der Waals surface area contributed by atoms with E-state index in [1.165, 1.54) is 167 Å². The summed E-state index contributed by atoms with van der Waals surface area (Å²) in [7, 11) is 0. The lowest BCUT2D eigenvalue weighted by Crippen LogP contribution is -2.13. The highest BCUT2D eigenvalue weighted by molar-refractivity contribution is 5.69. The lowest BCUT2D eigenvalue weighted by molar-refractivity contribution is -0.142. The second-order valence-electron chi connectivity index (χ2n) is 11.8. The molecule has 0 saturated carbocycles. The third kappa shape index (κ3) is 28.0. The SMILES string of the molecule is CCCCCCCCCCCCCCCCCCCCCCC(CCCCCCCCCC)C(=O)O. The Hall–Kier alpha value is -0.530. The number of carboxylic acid groups (broad SMARTS) is 1. The summed E-state index contributed by atoms with van der Waals surface area (Å²) < 4.78 is 0. The molecule has 0 spiro atoms. The van der Waals surface area contributed by atoms with Crippen LogP contribution in [0.4, 0.5) is 0 Å². The Morgan fingerprint density at radius 1 is 0.389 bits per heavy atom. The van der Waals surface area contributed by atoms with Crippen LogP contribution in [0.5, 0.6) is 0 Å². The van der Waals surface area contributed by atoms with Crippen LogP contribution in [0.15, 0.2) is 0 Å². The summed E-state index contributed by atoms with van der Waals surface area (Å²) in [6, 6.07) is 0. The zero-order chi connectivity index (χ0) is 26.4. The fourth-order valence-electron chi connectivity index (χ4n) is 5.56. The van der Waals surface area contributed by atoms with Crippen LogP contribution in [-0.2, 0) is 4.79 Å². The highest BCUT2D eigenvalue weighted by Gasteiger charge is 2.16. The van der Waals surface area contributed by atoms with E-state index >= 15 is 0 Å². The van der Waals surface area contributed by atoms with Gasteiger partial charge in [-0.15, -0.1) is 0 Å². The molecule has 0 heterocycles. The van der Waals surface area contributed by atoms with Gasteiger partial charge in [-0.1, -0.05) is 194 Å². The van der Waals surface area contributed by atoms with Crippen molar-refractivity contribution in [1.29, 1.82) is 0 Å². The Balaban J connectivity index is 3.32. The Labute approximate surface area is 228 Å². The Morgan fingerprint density at radius 3 is 0.778 bits per heavy atom. The van der Waals surface area contributed by atoms with E-state index in [0.717, 1.165) is 25.7 Å². The highest BCUT2D eigenvalue weighted by Crippen LogP contribution is 2.20. The van der Waals surface area contributed by atoms with Crippen molar-refractivity contribution in [3.8, 4) is 0 Å². The molecule has 2 nitrogen and oxygen atoms in total. The topological polar surface area (TPSA) is 37.3 Å². The molecule has 0 aromatic rings. The van der Waals surface area contributed by atoms with E-state index in [1.807, 2.05) is 0 Å². The second kappa shape index (κ2) is 30.7. The predicted octanol–water partition coefficient (Wildman–Crippen LogP) is 12.4. The van der Waals surface area contributed by atoms with Crippen LogP contribution in [0.3, 0.4) is 0 Å². The molecule has 0 aromatic carbocycles. The molecule has 36 heavy (non-hydrogen) atoms. The summed E-state index contributed by atoms with van der Waals surface area (Å²) in [6.45, 7) is 4.55. The van der Waals surface area contributed by atoms with E-state index < -0.39 is 5.97 Å². The number of unbranched alkanes of at least 4 members (excludes halogenated alkanes) is 26. The maximum absolute atomic E-state index is 11.6. The zero-order valence-electron chi connectivity index (χ0n) is 25.1. The summed E-state index contributed by atoms with van der Waals surface area (Å²) in [4.78, 5) is 11.6. The van der Waals surface area contributed by atoms with E-state index in [2.05, 4.69) is 13.8 Å². The summed E-state index contributed by atoms with van der Waals surface area (Å²) in [5, 5.41) is 9.53. The average Bonchev–Trinajstić information content (AvgIpc) is 2.87. The van der Waals surface area contributed by atoms with Crippen molar-refractivity contribution in [3.63, 3.8) is 0 Å². The van der Waals surface area contributed by atoms with Crippen molar-refractivity contribution in [1.82, 2.24) is 0 Å². The maximum atomic E-state index is 11.6. The minimum atomic E-state index is -0.559. The van der Waals surface area contributed by atoms with Gasteiger partial charge in [-0.2, -0.15) is 0 Å². The van der Waals surface area contributed by atoms with Gasteiger partial charge in [0.05, 0.1) is 5.92 Å². The molecule has 0 aliphatic rings. The van der Waals surface area contributed by atoms with Crippen molar-refractivity contribution in [2.75, 3.05) is 0 Å². The van der Waals surface area contributed by atoms with Crippen LogP contribution in [0.25, 0.3) is 0 Å². The molecule has 0 bridgehead atoms. The van der Waals surface area contributed by atoms with Crippen LogP contribution in [-0.4, -0.2) is 11.1 Å². The molecule has 0 radical (unpaired) electrons. The second-order valence-corrected chi connectivity index (χ2v) is 11.8. The molecule has 0 saturated heterocycles. The highest BCUT2D eigenvalue weighted by atomic mass is 16.4. The van der Waals surface area contributed by atoms with Crippen molar-refractivity contribution < 1.29 is 9.90 Å². The summed E-state index contributed by atoms with van der Waals surface area (Å²) >= 11 is 0. The molecule has 216 valence electrons.